The first kappa shape index (κ1) is 18.8. The number of imide groups is 1. The number of hydrogen-bond acceptors (Lipinski definition) is 5. The molecular weight excluding hydrogens is 346 g/mol. The van der Waals surface area contributed by atoms with Crippen molar-refractivity contribution in [2.75, 3.05) is 0 Å². The Kier molecular flexibility index (Phi) is 4.63. The van der Waals surface area contributed by atoms with Crippen LogP contribution in [0.15, 0.2) is 28.8 Å². The minimum absolute atomic E-state index is 0.147. The van der Waals surface area contributed by atoms with E-state index >= 15 is 0 Å². The molecule has 2 heterocycles. The molecule has 1 aliphatic heterocycles. The third-order valence-electron chi connectivity index (χ3n) is 4.52. The second-order valence-electron chi connectivity index (χ2n) is 7.79. The van der Waals surface area contributed by atoms with E-state index in [9.17, 15) is 14.4 Å². The molecule has 0 saturated heterocycles. The summed E-state index contributed by atoms with van der Waals surface area (Å²) in [6.45, 7) is 9.06. The van der Waals surface area contributed by atoms with E-state index < -0.39 is 29.3 Å². The first-order valence-corrected chi connectivity index (χ1v) is 8.81. The molecule has 1 aromatic heterocycles. The molecule has 1 N–H and O–H groups in total. The number of fused-ring (bicyclic) bond motifs is 1. The summed E-state index contributed by atoms with van der Waals surface area (Å²) < 4.78 is 5.18. The van der Waals surface area contributed by atoms with E-state index in [1.165, 1.54) is 0 Å². The third-order valence-corrected chi connectivity index (χ3v) is 4.52. The molecule has 0 fully saturated rings. The smallest absolute Gasteiger partial charge is 0.262 e. The molecule has 142 valence electrons. The molecule has 7 heteroatoms. The van der Waals surface area contributed by atoms with Crippen LogP contribution in [0.4, 0.5) is 0 Å². The average molecular weight is 369 g/mol. The van der Waals surface area contributed by atoms with E-state index in [0.29, 0.717) is 22.6 Å². The van der Waals surface area contributed by atoms with Gasteiger partial charge < -0.3 is 9.84 Å². The lowest BCUT2D eigenvalue weighted by Crippen LogP contribution is -2.54. The Bertz CT molecular complexity index is 869. The Morgan fingerprint density at radius 1 is 1.15 bits per heavy atom. The molecule has 2 aromatic rings. The minimum atomic E-state index is -0.992. The highest BCUT2D eigenvalue weighted by Gasteiger charge is 2.43. The Balaban J connectivity index is 2.01. The van der Waals surface area contributed by atoms with Crippen molar-refractivity contribution in [3.8, 4) is 0 Å². The first-order chi connectivity index (χ1) is 12.6. The van der Waals surface area contributed by atoms with Crippen molar-refractivity contribution >= 4 is 17.7 Å². The summed E-state index contributed by atoms with van der Waals surface area (Å²) in [5.74, 6) is -0.748. The minimum Gasteiger partial charge on any atom is -0.361 e. The van der Waals surface area contributed by atoms with Crippen LogP contribution in [0.3, 0.4) is 0 Å². The van der Waals surface area contributed by atoms with Crippen molar-refractivity contribution in [3.63, 3.8) is 0 Å². The second-order valence-corrected chi connectivity index (χ2v) is 7.79. The van der Waals surface area contributed by atoms with Gasteiger partial charge in [0.05, 0.1) is 16.8 Å². The number of aryl methyl sites for hydroxylation is 2. The molecule has 3 amide bonds. The molecule has 1 aromatic carbocycles. The second kappa shape index (κ2) is 6.64. The number of amides is 3. The van der Waals surface area contributed by atoms with Gasteiger partial charge in [-0.15, -0.1) is 0 Å². The maximum atomic E-state index is 13.0. The molecule has 0 radical (unpaired) electrons. The van der Waals surface area contributed by atoms with Crippen molar-refractivity contribution < 1.29 is 18.9 Å². The first-order valence-electron chi connectivity index (χ1n) is 8.81. The topological polar surface area (TPSA) is 92.5 Å². The molecule has 1 aliphatic rings. The van der Waals surface area contributed by atoms with Gasteiger partial charge in [0.15, 0.2) is 0 Å². The van der Waals surface area contributed by atoms with E-state index in [2.05, 4.69) is 10.5 Å². The van der Waals surface area contributed by atoms with Crippen LogP contribution in [-0.2, 0) is 11.2 Å². The predicted molar refractivity (Wildman–Crippen MR) is 98.3 cm³/mol. The van der Waals surface area contributed by atoms with Crippen LogP contribution in [0.2, 0.25) is 0 Å². The number of carbonyl (C=O) groups is 3. The van der Waals surface area contributed by atoms with Crippen LogP contribution in [0, 0.1) is 13.8 Å². The van der Waals surface area contributed by atoms with E-state index in [-0.39, 0.29) is 6.42 Å². The average Bonchev–Trinajstić information content (AvgIpc) is 3.02. The van der Waals surface area contributed by atoms with Crippen LogP contribution >= 0.6 is 0 Å². The SMILES string of the molecule is Cc1noc(C)c1CC(C(=O)NC(C)(C)C)N1C(=O)c2ccccc2C1=O. The third kappa shape index (κ3) is 3.49. The zero-order valence-electron chi connectivity index (χ0n) is 16.1. The molecule has 0 aliphatic carbocycles. The zero-order chi connectivity index (χ0) is 19.9. The molecule has 27 heavy (non-hydrogen) atoms. The number of hydrogen-bond donors (Lipinski definition) is 1. The van der Waals surface area contributed by atoms with Crippen molar-refractivity contribution in [1.29, 1.82) is 0 Å². The van der Waals surface area contributed by atoms with E-state index in [1.807, 2.05) is 20.8 Å². The van der Waals surface area contributed by atoms with E-state index in [0.717, 1.165) is 10.5 Å². The molecule has 0 saturated carbocycles. The quantitative estimate of drug-likeness (QED) is 0.836. The highest BCUT2D eigenvalue weighted by molar-refractivity contribution is 6.22. The van der Waals surface area contributed by atoms with Crippen LogP contribution < -0.4 is 5.32 Å². The molecule has 3 rings (SSSR count). The van der Waals surface area contributed by atoms with Gasteiger partial charge in [-0.25, -0.2) is 0 Å². The molecule has 0 spiro atoms. The maximum absolute atomic E-state index is 13.0. The van der Waals surface area contributed by atoms with Crippen LogP contribution in [-0.4, -0.2) is 39.4 Å². The van der Waals surface area contributed by atoms with Gasteiger partial charge in [0.1, 0.15) is 11.8 Å². The lowest BCUT2D eigenvalue weighted by Gasteiger charge is -2.29. The standard InChI is InChI=1S/C20H23N3O4/c1-11-15(12(2)27-22-11)10-16(17(24)21-20(3,4)5)23-18(25)13-8-6-7-9-14(13)19(23)26/h6-9,16H,10H2,1-5H3,(H,21,24). The van der Waals surface area contributed by atoms with Crippen LogP contribution in [0.1, 0.15) is 58.5 Å². The van der Waals surface area contributed by atoms with Gasteiger partial charge in [-0.05, 0) is 46.8 Å². The summed E-state index contributed by atoms with van der Waals surface area (Å²) in [4.78, 5) is 39.9. The summed E-state index contributed by atoms with van der Waals surface area (Å²) in [5, 5.41) is 6.79. The van der Waals surface area contributed by atoms with Crippen molar-refractivity contribution in [3.05, 3.63) is 52.4 Å². The normalized spacial score (nSPS) is 15.1. The molecule has 7 nitrogen and oxygen atoms in total. The maximum Gasteiger partial charge on any atom is 0.262 e. The number of aromatic nitrogens is 1. The van der Waals surface area contributed by atoms with Crippen LogP contribution in [0.25, 0.3) is 0 Å². The summed E-state index contributed by atoms with van der Waals surface area (Å²) in [6, 6.07) is 5.61. The monoisotopic (exact) mass is 369 g/mol. The fraction of sp³-hybridized carbons (Fsp3) is 0.400. The fourth-order valence-electron chi connectivity index (χ4n) is 3.23. The van der Waals surface area contributed by atoms with E-state index in [4.69, 9.17) is 4.52 Å². The van der Waals surface area contributed by atoms with Crippen molar-refractivity contribution in [1.82, 2.24) is 15.4 Å². The predicted octanol–water partition coefficient (Wildman–Crippen LogP) is 2.41. The highest BCUT2D eigenvalue weighted by atomic mass is 16.5. The Morgan fingerprint density at radius 2 is 1.70 bits per heavy atom. The Hall–Kier alpha value is -2.96. The number of rotatable bonds is 4. The van der Waals surface area contributed by atoms with Gasteiger partial charge in [-0.2, -0.15) is 0 Å². The van der Waals surface area contributed by atoms with E-state index in [1.54, 1.807) is 38.1 Å². The van der Waals surface area contributed by atoms with Gasteiger partial charge in [0.25, 0.3) is 11.8 Å². The van der Waals surface area contributed by atoms with Crippen molar-refractivity contribution in [2.45, 2.75) is 52.6 Å². The number of benzene rings is 1. The summed E-state index contributed by atoms with van der Waals surface area (Å²) in [7, 11) is 0. The number of nitrogens with one attached hydrogen (secondary N) is 1. The highest BCUT2D eigenvalue weighted by Crippen LogP contribution is 2.27. The number of carbonyl (C=O) groups excluding carboxylic acids is 3. The summed E-state index contributed by atoms with van der Waals surface area (Å²) >= 11 is 0. The Labute approximate surface area is 157 Å². The van der Waals surface area contributed by atoms with Gasteiger partial charge in [-0.1, -0.05) is 17.3 Å². The molecular formula is C20H23N3O4. The molecule has 1 atom stereocenters. The van der Waals surface area contributed by atoms with Crippen LogP contribution in [0.5, 0.6) is 0 Å². The van der Waals surface area contributed by atoms with Gasteiger partial charge >= 0.3 is 0 Å². The van der Waals surface area contributed by atoms with Crippen molar-refractivity contribution in [2.24, 2.45) is 0 Å². The lowest BCUT2D eigenvalue weighted by molar-refractivity contribution is -0.126. The molecule has 1 unspecified atom stereocenters. The fourth-order valence-corrected chi connectivity index (χ4v) is 3.23. The van der Waals surface area contributed by atoms with Gasteiger partial charge in [-0.3, -0.25) is 19.3 Å². The summed E-state index contributed by atoms with van der Waals surface area (Å²) in [5.41, 5.74) is 1.48. The van der Waals surface area contributed by atoms with Gasteiger partial charge in [0, 0.05) is 17.5 Å². The number of nitrogens with zero attached hydrogens (tertiary/aromatic N) is 2. The zero-order valence-corrected chi connectivity index (χ0v) is 16.1. The lowest BCUT2D eigenvalue weighted by atomic mass is 10.0. The van der Waals surface area contributed by atoms with Gasteiger partial charge in [0.2, 0.25) is 5.91 Å². The largest absolute Gasteiger partial charge is 0.361 e. The molecule has 0 bridgehead atoms. The Morgan fingerprint density at radius 3 is 2.15 bits per heavy atom. The summed E-state index contributed by atoms with van der Waals surface area (Å²) in [6.07, 6.45) is 0.147.